The molecule has 19 heavy (non-hydrogen) atoms. The number of nitrogens with two attached hydrogens (primary N) is 1. The van der Waals surface area contributed by atoms with E-state index in [-0.39, 0.29) is 16.8 Å². The van der Waals surface area contributed by atoms with Gasteiger partial charge in [-0.1, -0.05) is 13.0 Å². The molecule has 1 unspecified atom stereocenters. The fourth-order valence-electron chi connectivity index (χ4n) is 1.67. The first kappa shape index (κ1) is 15.7. The van der Waals surface area contributed by atoms with E-state index in [0.29, 0.717) is 5.56 Å². The molecule has 106 valence electrons. The van der Waals surface area contributed by atoms with E-state index in [4.69, 9.17) is 5.14 Å². The third-order valence-electron chi connectivity index (χ3n) is 3.34. The van der Waals surface area contributed by atoms with Gasteiger partial charge in [0, 0.05) is 18.7 Å². The van der Waals surface area contributed by atoms with Gasteiger partial charge in [-0.2, -0.15) is 0 Å². The minimum Gasteiger partial charge on any atom is -0.339 e. The molecule has 5 nitrogen and oxygen atoms in total. The van der Waals surface area contributed by atoms with Gasteiger partial charge in [0.25, 0.3) is 5.91 Å². The van der Waals surface area contributed by atoms with Crippen LogP contribution in [0.1, 0.15) is 36.2 Å². The number of sulfonamides is 1. The van der Waals surface area contributed by atoms with Gasteiger partial charge in [-0.05, 0) is 38.0 Å². The molecular formula is C13H20N2O3S. The summed E-state index contributed by atoms with van der Waals surface area (Å²) in [6.07, 6.45) is 0.830. The summed E-state index contributed by atoms with van der Waals surface area (Å²) >= 11 is 0. The fraction of sp³-hybridized carbons (Fsp3) is 0.462. The molecule has 1 rings (SSSR count). The van der Waals surface area contributed by atoms with Gasteiger partial charge in [0.05, 0.1) is 4.90 Å². The average molecular weight is 284 g/mol. The average Bonchev–Trinajstić information content (AvgIpc) is 2.35. The first-order valence-electron chi connectivity index (χ1n) is 6.09. The summed E-state index contributed by atoms with van der Waals surface area (Å²) < 4.78 is 22.7. The number of benzene rings is 1. The molecule has 1 atom stereocenters. The Morgan fingerprint density at radius 3 is 2.47 bits per heavy atom. The second-order valence-electron chi connectivity index (χ2n) is 4.70. The van der Waals surface area contributed by atoms with Crippen molar-refractivity contribution in [3.05, 3.63) is 29.3 Å². The molecule has 6 heteroatoms. The van der Waals surface area contributed by atoms with Crippen LogP contribution < -0.4 is 5.14 Å². The van der Waals surface area contributed by atoms with Crippen LogP contribution in [-0.4, -0.2) is 32.3 Å². The topological polar surface area (TPSA) is 80.5 Å². The molecule has 0 bridgehead atoms. The molecule has 0 spiro atoms. The lowest BCUT2D eigenvalue weighted by Crippen LogP contribution is -2.35. The Kier molecular flexibility index (Phi) is 4.70. The van der Waals surface area contributed by atoms with Crippen LogP contribution >= 0.6 is 0 Å². The van der Waals surface area contributed by atoms with E-state index in [1.54, 1.807) is 24.9 Å². The Morgan fingerprint density at radius 2 is 2.00 bits per heavy atom. The number of hydrogen-bond acceptors (Lipinski definition) is 3. The predicted molar refractivity (Wildman–Crippen MR) is 74.4 cm³/mol. The third kappa shape index (κ3) is 3.54. The lowest BCUT2D eigenvalue weighted by molar-refractivity contribution is 0.0739. The number of nitrogens with zero attached hydrogens (tertiary/aromatic N) is 1. The molecule has 0 saturated carbocycles. The highest BCUT2D eigenvalue weighted by Gasteiger charge is 2.20. The Morgan fingerprint density at radius 1 is 1.42 bits per heavy atom. The highest BCUT2D eigenvalue weighted by Crippen LogP contribution is 2.17. The number of carbonyl (C=O) groups is 1. The molecule has 0 aliphatic carbocycles. The first-order valence-corrected chi connectivity index (χ1v) is 7.63. The molecule has 0 fully saturated rings. The summed E-state index contributed by atoms with van der Waals surface area (Å²) in [4.78, 5) is 13.9. The lowest BCUT2D eigenvalue weighted by atomic mass is 10.1. The number of carbonyl (C=O) groups excluding carboxylic acids is 1. The van der Waals surface area contributed by atoms with E-state index < -0.39 is 10.0 Å². The van der Waals surface area contributed by atoms with Gasteiger partial charge in [-0.15, -0.1) is 0 Å². The number of hydrogen-bond donors (Lipinski definition) is 1. The van der Waals surface area contributed by atoms with Gasteiger partial charge in [0.1, 0.15) is 0 Å². The maximum atomic E-state index is 12.3. The number of amides is 1. The second kappa shape index (κ2) is 5.71. The van der Waals surface area contributed by atoms with Crippen LogP contribution in [0, 0.1) is 6.92 Å². The zero-order valence-corrected chi connectivity index (χ0v) is 12.5. The van der Waals surface area contributed by atoms with Crippen LogP contribution in [0.15, 0.2) is 23.1 Å². The highest BCUT2D eigenvalue weighted by atomic mass is 32.2. The normalized spacial score (nSPS) is 13.1. The molecule has 1 aromatic rings. The Labute approximate surface area is 114 Å². The quantitative estimate of drug-likeness (QED) is 0.910. The van der Waals surface area contributed by atoms with E-state index in [0.717, 1.165) is 12.0 Å². The zero-order chi connectivity index (χ0) is 14.8. The second-order valence-corrected chi connectivity index (χ2v) is 6.26. The highest BCUT2D eigenvalue weighted by molar-refractivity contribution is 7.89. The fourth-order valence-corrected chi connectivity index (χ4v) is 2.21. The van der Waals surface area contributed by atoms with Crippen LogP contribution in [0.5, 0.6) is 0 Å². The summed E-state index contributed by atoms with van der Waals surface area (Å²) in [7, 11) is -2.09. The Hall–Kier alpha value is -1.40. The van der Waals surface area contributed by atoms with Crippen molar-refractivity contribution in [2.45, 2.75) is 38.1 Å². The summed E-state index contributed by atoms with van der Waals surface area (Å²) in [5, 5.41) is 5.09. The van der Waals surface area contributed by atoms with Gasteiger partial charge in [0.2, 0.25) is 10.0 Å². The van der Waals surface area contributed by atoms with Crippen molar-refractivity contribution in [3.8, 4) is 0 Å². The van der Waals surface area contributed by atoms with E-state index in [2.05, 4.69) is 0 Å². The number of rotatable bonds is 4. The van der Waals surface area contributed by atoms with Crippen molar-refractivity contribution in [2.24, 2.45) is 5.14 Å². The summed E-state index contributed by atoms with van der Waals surface area (Å²) in [5.74, 6) is -0.197. The molecule has 2 N–H and O–H groups in total. The molecule has 0 saturated heterocycles. The minimum atomic E-state index is -3.80. The Balaban J connectivity index is 3.24. The lowest BCUT2D eigenvalue weighted by Gasteiger charge is -2.24. The number of aryl methyl sites for hydroxylation is 1. The molecule has 0 aliphatic heterocycles. The molecule has 1 aromatic carbocycles. The van der Waals surface area contributed by atoms with Crippen molar-refractivity contribution < 1.29 is 13.2 Å². The van der Waals surface area contributed by atoms with E-state index in [9.17, 15) is 13.2 Å². The smallest absolute Gasteiger partial charge is 0.254 e. The van der Waals surface area contributed by atoms with Crippen molar-refractivity contribution in [1.29, 1.82) is 0 Å². The minimum absolute atomic E-state index is 0.0426. The van der Waals surface area contributed by atoms with Crippen LogP contribution in [0.3, 0.4) is 0 Å². The van der Waals surface area contributed by atoms with Crippen molar-refractivity contribution in [2.75, 3.05) is 7.05 Å². The van der Waals surface area contributed by atoms with Crippen molar-refractivity contribution in [3.63, 3.8) is 0 Å². The predicted octanol–water partition coefficient (Wildman–Crippen LogP) is 1.51. The standard InChI is InChI=1S/C13H20N2O3S/c1-5-10(3)15(4)13(16)12-8-11(19(14,17)18)7-6-9(12)2/h6-8,10H,5H2,1-4H3,(H2,14,17,18). The van der Waals surface area contributed by atoms with E-state index in [1.165, 1.54) is 12.1 Å². The maximum absolute atomic E-state index is 12.3. The molecule has 0 aliphatic rings. The van der Waals surface area contributed by atoms with Crippen LogP contribution in [0.2, 0.25) is 0 Å². The third-order valence-corrected chi connectivity index (χ3v) is 4.25. The summed E-state index contributed by atoms with van der Waals surface area (Å²) in [5.41, 5.74) is 1.10. The number of primary sulfonamides is 1. The van der Waals surface area contributed by atoms with Gasteiger partial charge in [-0.25, -0.2) is 13.6 Å². The molecule has 1 amide bonds. The van der Waals surface area contributed by atoms with Gasteiger partial charge in [0.15, 0.2) is 0 Å². The van der Waals surface area contributed by atoms with Crippen LogP contribution in [0.25, 0.3) is 0 Å². The van der Waals surface area contributed by atoms with E-state index in [1.807, 2.05) is 13.8 Å². The largest absolute Gasteiger partial charge is 0.339 e. The van der Waals surface area contributed by atoms with Gasteiger partial charge >= 0.3 is 0 Å². The summed E-state index contributed by atoms with van der Waals surface area (Å²) in [6.45, 7) is 5.70. The Bertz CT molecular complexity index is 582. The molecule has 0 heterocycles. The SMILES string of the molecule is CCC(C)N(C)C(=O)c1cc(S(N)(=O)=O)ccc1C. The molecule has 0 aromatic heterocycles. The maximum Gasteiger partial charge on any atom is 0.254 e. The van der Waals surface area contributed by atoms with Gasteiger partial charge < -0.3 is 4.90 Å². The van der Waals surface area contributed by atoms with Crippen LogP contribution in [-0.2, 0) is 10.0 Å². The van der Waals surface area contributed by atoms with Crippen molar-refractivity contribution in [1.82, 2.24) is 4.90 Å². The van der Waals surface area contributed by atoms with E-state index >= 15 is 0 Å². The zero-order valence-electron chi connectivity index (χ0n) is 11.7. The van der Waals surface area contributed by atoms with Gasteiger partial charge in [-0.3, -0.25) is 4.79 Å². The molecular weight excluding hydrogens is 264 g/mol. The summed E-state index contributed by atoms with van der Waals surface area (Å²) in [6, 6.07) is 4.43. The molecule has 0 radical (unpaired) electrons. The first-order chi connectivity index (χ1) is 8.68. The van der Waals surface area contributed by atoms with Crippen LogP contribution in [0.4, 0.5) is 0 Å². The van der Waals surface area contributed by atoms with Crippen molar-refractivity contribution >= 4 is 15.9 Å². The monoisotopic (exact) mass is 284 g/mol.